The predicted molar refractivity (Wildman–Crippen MR) is 174 cm³/mol. The summed E-state index contributed by atoms with van der Waals surface area (Å²) in [6, 6.07) is 6.98. The summed E-state index contributed by atoms with van der Waals surface area (Å²) in [7, 11) is 0. The number of aromatic nitrogens is 3. The summed E-state index contributed by atoms with van der Waals surface area (Å²) < 4.78 is 85.8. The number of aryl methyl sites for hydroxylation is 1. The van der Waals surface area contributed by atoms with Gasteiger partial charge in [-0.25, -0.2) is 18.2 Å². The maximum atomic E-state index is 17.0. The number of anilines is 1. The Morgan fingerprint density at radius 2 is 1.90 bits per heavy atom. The lowest BCUT2D eigenvalue weighted by atomic mass is 9.94. The molecule has 0 amide bonds. The Hall–Kier alpha value is -3.64. The van der Waals surface area contributed by atoms with E-state index in [1.54, 1.807) is 31.2 Å². The van der Waals surface area contributed by atoms with Crippen molar-refractivity contribution in [2.75, 3.05) is 25.0 Å². The molecule has 1 saturated carbocycles. The van der Waals surface area contributed by atoms with Crippen LogP contribution < -0.4 is 15.4 Å². The summed E-state index contributed by atoms with van der Waals surface area (Å²) in [5.41, 5.74) is -1.29. The first-order valence-corrected chi connectivity index (χ1v) is 17.2. The van der Waals surface area contributed by atoms with Gasteiger partial charge in [0.2, 0.25) is 0 Å². The van der Waals surface area contributed by atoms with Gasteiger partial charge in [0.05, 0.1) is 10.9 Å². The standard InChI is InChI=1S/C36H39F5N6O/c1-3-22-24(38)12-9-19-7-5-8-23(27(19)22)30-29(39)31-28-32(44-30)36(40,41)16-26(25(4-2)42-21-10-11-21)43-33(28)46-34(45-31)48-18-35-13-6-14-47(35)17-20(37)15-35/h5,7-9,12,20-21,25-26,42H,3-4,6,10-11,13-18H2,1-2H3,(H,43,45,46)/t20-,25+,26-,35+/m1/s1. The number of nitrogens with zero attached hydrogens (tertiary/aromatic N) is 4. The number of hydrogen-bond acceptors (Lipinski definition) is 7. The van der Waals surface area contributed by atoms with Gasteiger partial charge in [-0.05, 0) is 67.5 Å². The van der Waals surface area contributed by atoms with Gasteiger partial charge in [-0.1, -0.05) is 38.1 Å². The third kappa shape index (κ3) is 5.26. The monoisotopic (exact) mass is 666 g/mol. The summed E-state index contributed by atoms with van der Waals surface area (Å²) in [5.74, 6) is -4.85. The van der Waals surface area contributed by atoms with E-state index in [4.69, 9.17) is 4.74 Å². The minimum Gasteiger partial charge on any atom is -0.461 e. The third-order valence-corrected chi connectivity index (χ3v) is 10.8. The Morgan fingerprint density at radius 1 is 1.06 bits per heavy atom. The van der Waals surface area contributed by atoms with Crippen LogP contribution in [-0.4, -0.2) is 69.4 Å². The van der Waals surface area contributed by atoms with Gasteiger partial charge >= 0.3 is 6.01 Å². The molecule has 12 heteroatoms. The zero-order valence-electron chi connectivity index (χ0n) is 27.1. The van der Waals surface area contributed by atoms with E-state index >= 15 is 17.6 Å². The smallest absolute Gasteiger partial charge is 0.319 e. The van der Waals surface area contributed by atoms with Gasteiger partial charge in [0.15, 0.2) is 5.82 Å². The summed E-state index contributed by atoms with van der Waals surface area (Å²) in [5, 5.41) is 7.56. The molecule has 3 aliphatic heterocycles. The van der Waals surface area contributed by atoms with Crippen molar-refractivity contribution in [1.29, 1.82) is 0 Å². The maximum Gasteiger partial charge on any atom is 0.319 e. The summed E-state index contributed by atoms with van der Waals surface area (Å²) in [6.07, 6.45) is 3.23. The highest BCUT2D eigenvalue weighted by Crippen LogP contribution is 2.47. The highest BCUT2D eigenvalue weighted by Gasteiger charge is 2.50. The van der Waals surface area contributed by atoms with Crippen LogP contribution in [-0.2, 0) is 12.3 Å². The summed E-state index contributed by atoms with van der Waals surface area (Å²) >= 11 is 0. The molecule has 2 aromatic heterocycles. The largest absolute Gasteiger partial charge is 0.461 e. The van der Waals surface area contributed by atoms with E-state index in [9.17, 15) is 4.39 Å². The fourth-order valence-corrected chi connectivity index (χ4v) is 8.30. The number of halogens is 5. The van der Waals surface area contributed by atoms with Gasteiger partial charge in [-0.15, -0.1) is 0 Å². The zero-order chi connectivity index (χ0) is 33.4. The van der Waals surface area contributed by atoms with Gasteiger partial charge in [-0.3, -0.25) is 4.90 Å². The molecule has 0 bridgehead atoms. The summed E-state index contributed by atoms with van der Waals surface area (Å²) in [4.78, 5) is 15.5. The fourth-order valence-electron chi connectivity index (χ4n) is 8.30. The fraction of sp³-hybridized carbons (Fsp3) is 0.528. The third-order valence-electron chi connectivity index (χ3n) is 10.8. The van der Waals surface area contributed by atoms with E-state index in [0.29, 0.717) is 42.1 Å². The molecule has 1 aliphatic carbocycles. The van der Waals surface area contributed by atoms with Gasteiger partial charge in [0, 0.05) is 43.1 Å². The van der Waals surface area contributed by atoms with Crippen molar-refractivity contribution in [3.63, 3.8) is 0 Å². The van der Waals surface area contributed by atoms with Crippen molar-refractivity contribution in [2.45, 2.75) is 101 Å². The molecule has 48 heavy (non-hydrogen) atoms. The van der Waals surface area contributed by atoms with Crippen LogP contribution >= 0.6 is 0 Å². The first-order valence-electron chi connectivity index (χ1n) is 17.2. The van der Waals surface area contributed by atoms with Crippen LogP contribution in [0.1, 0.15) is 70.1 Å². The number of nitrogens with one attached hydrogen (secondary N) is 2. The molecule has 4 atom stereocenters. The number of alkyl halides is 3. The second kappa shape index (κ2) is 11.8. The Balaban J connectivity index is 1.31. The lowest BCUT2D eigenvalue weighted by Gasteiger charge is -2.31. The van der Waals surface area contributed by atoms with E-state index in [1.165, 1.54) is 6.07 Å². The second-order valence-electron chi connectivity index (χ2n) is 14.0. The average Bonchev–Trinajstić information content (AvgIpc) is 3.74. The van der Waals surface area contributed by atoms with E-state index in [2.05, 4.69) is 30.5 Å². The molecular weight excluding hydrogens is 627 g/mol. The van der Waals surface area contributed by atoms with Gasteiger partial charge in [-0.2, -0.15) is 18.7 Å². The van der Waals surface area contributed by atoms with E-state index in [0.717, 1.165) is 32.2 Å². The lowest BCUT2D eigenvalue weighted by Crippen LogP contribution is -2.46. The average molecular weight is 667 g/mol. The zero-order valence-corrected chi connectivity index (χ0v) is 27.1. The number of benzene rings is 2. The minimum absolute atomic E-state index is 0.0231. The quantitative estimate of drug-likeness (QED) is 0.180. The molecule has 5 heterocycles. The first-order chi connectivity index (χ1) is 23.1. The van der Waals surface area contributed by atoms with Crippen molar-refractivity contribution >= 4 is 27.5 Å². The van der Waals surface area contributed by atoms with Crippen molar-refractivity contribution in [1.82, 2.24) is 25.2 Å². The van der Waals surface area contributed by atoms with E-state index < -0.39 is 47.4 Å². The predicted octanol–water partition coefficient (Wildman–Crippen LogP) is 7.45. The summed E-state index contributed by atoms with van der Waals surface area (Å²) in [6.45, 7) is 4.91. The normalized spacial score (nSPS) is 25.6. The molecule has 0 spiro atoms. The topological polar surface area (TPSA) is 75.2 Å². The van der Waals surface area contributed by atoms with E-state index in [-0.39, 0.29) is 52.7 Å². The van der Waals surface area contributed by atoms with Crippen molar-refractivity contribution in [3.8, 4) is 17.3 Å². The second-order valence-corrected chi connectivity index (χ2v) is 14.0. The highest BCUT2D eigenvalue weighted by atomic mass is 19.3. The molecule has 4 aliphatic rings. The molecule has 2 N–H and O–H groups in total. The lowest BCUT2D eigenvalue weighted by molar-refractivity contribution is -0.0226. The Kier molecular flexibility index (Phi) is 7.74. The number of rotatable bonds is 9. The number of fused-ring (bicyclic) bond motifs is 2. The van der Waals surface area contributed by atoms with Crippen molar-refractivity contribution in [2.24, 2.45) is 0 Å². The molecule has 2 aromatic carbocycles. The molecule has 0 unspecified atom stereocenters. The SMILES string of the molecule is CCc1c(F)ccc2cccc(-c3nc4c5c(nc(OC[C@@]67CCCN6C[C@H](F)C7)nc5c3F)N[C@@H]([C@H](CC)NC3CC3)CC4(F)F)c12. The Morgan fingerprint density at radius 3 is 2.67 bits per heavy atom. The van der Waals surface area contributed by atoms with Crippen LogP contribution in [0.2, 0.25) is 0 Å². The number of ether oxygens (including phenoxy) is 1. The van der Waals surface area contributed by atoms with Crippen LogP contribution in [0.15, 0.2) is 30.3 Å². The molecule has 7 nitrogen and oxygen atoms in total. The van der Waals surface area contributed by atoms with E-state index in [1.807, 2.05) is 6.92 Å². The Labute approximate surface area is 275 Å². The van der Waals surface area contributed by atoms with Gasteiger partial charge < -0.3 is 15.4 Å². The first kappa shape index (κ1) is 31.6. The molecule has 3 fully saturated rings. The van der Waals surface area contributed by atoms with Crippen LogP contribution in [0.4, 0.5) is 27.8 Å². The number of hydrogen-bond donors (Lipinski definition) is 2. The maximum absolute atomic E-state index is 17.0. The highest BCUT2D eigenvalue weighted by molar-refractivity contribution is 6.01. The van der Waals surface area contributed by atoms with Crippen LogP contribution in [0.25, 0.3) is 32.9 Å². The van der Waals surface area contributed by atoms with Crippen LogP contribution in [0.5, 0.6) is 6.01 Å². The molecule has 2 saturated heterocycles. The van der Waals surface area contributed by atoms with Crippen molar-refractivity contribution in [3.05, 3.63) is 53.2 Å². The van der Waals surface area contributed by atoms with Gasteiger partial charge in [0.25, 0.3) is 5.92 Å². The minimum atomic E-state index is -3.49. The molecular formula is C36H39F5N6O. The van der Waals surface area contributed by atoms with Crippen LogP contribution in [0.3, 0.4) is 0 Å². The molecule has 8 rings (SSSR count). The molecule has 254 valence electrons. The van der Waals surface area contributed by atoms with Gasteiger partial charge in [0.1, 0.15) is 41.3 Å². The molecule has 4 aromatic rings. The van der Waals surface area contributed by atoms with Crippen LogP contribution in [0, 0.1) is 11.6 Å². The molecule has 0 radical (unpaired) electrons. The van der Waals surface area contributed by atoms with Crippen molar-refractivity contribution < 1.29 is 26.7 Å². The number of pyridine rings is 1. The Bertz CT molecular complexity index is 1900.